The topological polar surface area (TPSA) is 98.5 Å². The molecule has 0 unspecified atom stereocenters. The first-order valence-electron chi connectivity index (χ1n) is 7.04. The van der Waals surface area contributed by atoms with E-state index < -0.39 is 12.0 Å². The zero-order valence-electron chi connectivity index (χ0n) is 12.6. The standard InChI is InChI=1S/C17H15ClN2O4/c18-14-7-5-12(6-8-14)15(21)10-24-16(22)13-3-1-11(2-4-13)9-20-17(19)23/h1-8H,9-10H2,(H3,19,20,23). The molecule has 0 aliphatic carbocycles. The summed E-state index contributed by atoms with van der Waals surface area (Å²) in [6.45, 7) is -0.0921. The van der Waals surface area contributed by atoms with Gasteiger partial charge >= 0.3 is 12.0 Å². The minimum atomic E-state index is -0.626. The SMILES string of the molecule is NC(=O)NCc1ccc(C(=O)OCC(=O)c2ccc(Cl)cc2)cc1. The number of esters is 1. The molecule has 0 aromatic heterocycles. The van der Waals surface area contributed by atoms with Gasteiger partial charge in [0.25, 0.3) is 0 Å². The van der Waals surface area contributed by atoms with E-state index in [4.69, 9.17) is 22.1 Å². The van der Waals surface area contributed by atoms with Gasteiger partial charge in [-0.1, -0.05) is 23.7 Å². The van der Waals surface area contributed by atoms with E-state index in [1.165, 1.54) is 0 Å². The number of urea groups is 1. The van der Waals surface area contributed by atoms with Crippen LogP contribution in [0.1, 0.15) is 26.3 Å². The number of hydrogen-bond donors (Lipinski definition) is 2. The Morgan fingerprint density at radius 2 is 1.54 bits per heavy atom. The van der Waals surface area contributed by atoms with Gasteiger partial charge in [0, 0.05) is 17.1 Å². The Bertz CT molecular complexity index is 742. The van der Waals surface area contributed by atoms with Crippen molar-refractivity contribution in [3.8, 4) is 0 Å². The van der Waals surface area contributed by atoms with Gasteiger partial charge in [0.2, 0.25) is 0 Å². The predicted octanol–water partition coefficient (Wildman–Crippen LogP) is 2.55. The number of benzene rings is 2. The Hall–Kier alpha value is -2.86. The van der Waals surface area contributed by atoms with E-state index >= 15 is 0 Å². The van der Waals surface area contributed by atoms with E-state index in [-0.39, 0.29) is 18.9 Å². The molecule has 0 saturated heterocycles. The highest BCUT2D eigenvalue weighted by atomic mass is 35.5. The van der Waals surface area contributed by atoms with Crippen molar-refractivity contribution in [3.63, 3.8) is 0 Å². The molecule has 0 bridgehead atoms. The average Bonchev–Trinajstić information content (AvgIpc) is 2.58. The van der Waals surface area contributed by atoms with Crippen LogP contribution >= 0.6 is 11.6 Å². The summed E-state index contributed by atoms with van der Waals surface area (Å²) in [4.78, 5) is 34.5. The first-order valence-corrected chi connectivity index (χ1v) is 7.41. The molecule has 2 amide bonds. The fourth-order valence-electron chi connectivity index (χ4n) is 1.88. The van der Waals surface area contributed by atoms with E-state index in [0.717, 1.165) is 5.56 Å². The zero-order chi connectivity index (χ0) is 17.5. The normalized spacial score (nSPS) is 10.0. The quantitative estimate of drug-likeness (QED) is 0.620. The average molecular weight is 347 g/mol. The van der Waals surface area contributed by atoms with Crippen molar-refractivity contribution in [1.82, 2.24) is 5.32 Å². The van der Waals surface area contributed by atoms with Crippen molar-refractivity contribution in [2.24, 2.45) is 5.73 Å². The number of Topliss-reactive ketones (excluding diaryl/α,β-unsaturated/α-hetero) is 1. The third kappa shape index (κ3) is 5.10. The fraction of sp³-hybridized carbons (Fsp3) is 0.118. The van der Waals surface area contributed by atoms with Crippen LogP contribution in [-0.4, -0.2) is 24.4 Å². The molecule has 0 radical (unpaired) electrons. The van der Waals surface area contributed by atoms with E-state index in [1.54, 1.807) is 48.5 Å². The number of carbonyl (C=O) groups excluding carboxylic acids is 3. The molecule has 0 fully saturated rings. The summed E-state index contributed by atoms with van der Waals surface area (Å²) in [5.41, 5.74) is 6.48. The molecular formula is C17H15ClN2O4. The number of primary amides is 1. The van der Waals surface area contributed by atoms with E-state index in [1.807, 2.05) is 0 Å². The van der Waals surface area contributed by atoms with Crippen LogP contribution in [0.3, 0.4) is 0 Å². The lowest BCUT2D eigenvalue weighted by Gasteiger charge is -2.06. The molecule has 2 rings (SSSR count). The van der Waals surface area contributed by atoms with E-state index in [0.29, 0.717) is 16.1 Å². The van der Waals surface area contributed by atoms with Crippen molar-refractivity contribution < 1.29 is 19.1 Å². The van der Waals surface area contributed by atoms with Crippen LogP contribution < -0.4 is 11.1 Å². The summed E-state index contributed by atoms with van der Waals surface area (Å²) in [6, 6.07) is 12.1. The Balaban J connectivity index is 1.89. The van der Waals surface area contributed by atoms with E-state index in [9.17, 15) is 14.4 Å². The number of ether oxygens (including phenoxy) is 1. The summed E-state index contributed by atoms with van der Waals surface area (Å²) < 4.78 is 5.00. The zero-order valence-corrected chi connectivity index (χ0v) is 13.4. The lowest BCUT2D eigenvalue weighted by Crippen LogP contribution is -2.28. The van der Waals surface area contributed by atoms with Gasteiger partial charge in [0.05, 0.1) is 5.56 Å². The predicted molar refractivity (Wildman–Crippen MR) is 88.9 cm³/mol. The maximum absolute atomic E-state index is 11.9. The van der Waals surface area contributed by atoms with Crippen LogP contribution in [0.4, 0.5) is 4.79 Å². The largest absolute Gasteiger partial charge is 0.454 e. The first kappa shape index (κ1) is 17.5. The number of hydrogen-bond acceptors (Lipinski definition) is 4. The van der Waals surface area contributed by atoms with Gasteiger partial charge < -0.3 is 15.8 Å². The number of carbonyl (C=O) groups is 3. The third-order valence-corrected chi connectivity index (χ3v) is 3.41. The molecule has 2 aromatic carbocycles. The second-order valence-electron chi connectivity index (χ2n) is 4.92. The first-order chi connectivity index (χ1) is 11.5. The summed E-state index contributed by atoms with van der Waals surface area (Å²) in [6.07, 6.45) is 0. The lowest BCUT2D eigenvalue weighted by molar-refractivity contribution is 0.0474. The number of halogens is 1. The monoisotopic (exact) mass is 346 g/mol. The summed E-state index contributed by atoms with van der Waals surface area (Å²) >= 11 is 5.75. The Kier molecular flexibility index (Phi) is 5.92. The van der Waals surface area contributed by atoms with Crippen LogP contribution in [0, 0.1) is 0 Å². The van der Waals surface area contributed by atoms with Crippen molar-refractivity contribution in [3.05, 3.63) is 70.2 Å². The smallest absolute Gasteiger partial charge is 0.338 e. The summed E-state index contributed by atoms with van der Waals surface area (Å²) in [5.74, 6) is -0.922. The van der Waals surface area contributed by atoms with Gasteiger partial charge in [-0.3, -0.25) is 4.79 Å². The maximum atomic E-state index is 11.9. The Morgan fingerprint density at radius 3 is 2.12 bits per heavy atom. The fourth-order valence-corrected chi connectivity index (χ4v) is 2.01. The molecule has 7 heteroatoms. The number of amides is 2. The van der Waals surface area contributed by atoms with Gasteiger partial charge in [0.15, 0.2) is 12.4 Å². The highest BCUT2D eigenvalue weighted by Gasteiger charge is 2.12. The molecule has 0 atom stereocenters. The van der Waals surface area contributed by atoms with Crippen molar-refractivity contribution in [2.75, 3.05) is 6.61 Å². The van der Waals surface area contributed by atoms with Gasteiger partial charge in [0.1, 0.15) is 0 Å². The molecule has 124 valence electrons. The Morgan fingerprint density at radius 1 is 0.958 bits per heavy atom. The number of rotatable bonds is 6. The highest BCUT2D eigenvalue weighted by molar-refractivity contribution is 6.30. The number of nitrogens with one attached hydrogen (secondary N) is 1. The van der Waals surface area contributed by atoms with Crippen LogP contribution in [0.5, 0.6) is 0 Å². The molecule has 6 nitrogen and oxygen atoms in total. The van der Waals surface area contributed by atoms with Gasteiger partial charge in [-0.25, -0.2) is 9.59 Å². The maximum Gasteiger partial charge on any atom is 0.338 e. The van der Waals surface area contributed by atoms with Gasteiger partial charge in [-0.2, -0.15) is 0 Å². The molecule has 24 heavy (non-hydrogen) atoms. The summed E-state index contributed by atoms with van der Waals surface area (Å²) in [5, 5.41) is 2.96. The molecular weight excluding hydrogens is 332 g/mol. The molecule has 0 aliphatic rings. The van der Waals surface area contributed by atoms with E-state index in [2.05, 4.69) is 5.32 Å². The highest BCUT2D eigenvalue weighted by Crippen LogP contribution is 2.11. The second-order valence-corrected chi connectivity index (χ2v) is 5.36. The van der Waals surface area contributed by atoms with Gasteiger partial charge in [-0.05, 0) is 42.0 Å². The molecule has 2 aromatic rings. The van der Waals surface area contributed by atoms with Crippen LogP contribution in [0.2, 0.25) is 5.02 Å². The van der Waals surface area contributed by atoms with Crippen molar-refractivity contribution in [1.29, 1.82) is 0 Å². The molecule has 0 aliphatic heterocycles. The number of nitrogens with two attached hydrogens (primary N) is 1. The minimum Gasteiger partial charge on any atom is -0.454 e. The van der Waals surface area contributed by atoms with Crippen molar-refractivity contribution >= 4 is 29.4 Å². The second kappa shape index (κ2) is 8.12. The van der Waals surface area contributed by atoms with Gasteiger partial charge in [-0.15, -0.1) is 0 Å². The molecule has 0 spiro atoms. The minimum absolute atomic E-state index is 0.264. The molecule has 3 N–H and O–H groups in total. The lowest BCUT2D eigenvalue weighted by atomic mass is 10.1. The van der Waals surface area contributed by atoms with Crippen molar-refractivity contribution in [2.45, 2.75) is 6.54 Å². The Labute approximate surface area is 143 Å². The number of ketones is 1. The van der Waals surface area contributed by atoms with Crippen LogP contribution in [0.15, 0.2) is 48.5 Å². The third-order valence-electron chi connectivity index (χ3n) is 3.16. The molecule has 0 saturated carbocycles. The van der Waals surface area contributed by atoms with Crippen LogP contribution in [-0.2, 0) is 11.3 Å². The molecule has 0 heterocycles. The summed E-state index contributed by atoms with van der Waals surface area (Å²) in [7, 11) is 0. The van der Waals surface area contributed by atoms with Crippen LogP contribution in [0.25, 0.3) is 0 Å².